The van der Waals surface area contributed by atoms with Crippen LogP contribution in [0.5, 0.6) is 0 Å². The van der Waals surface area contributed by atoms with Crippen molar-refractivity contribution in [3.05, 3.63) is 70.8 Å². The van der Waals surface area contributed by atoms with E-state index in [0.29, 0.717) is 16.7 Å². The molecule has 0 aliphatic carbocycles. The van der Waals surface area contributed by atoms with Crippen molar-refractivity contribution < 1.29 is 18.4 Å². The van der Waals surface area contributed by atoms with Crippen LogP contribution in [0, 0.1) is 11.6 Å². The second kappa shape index (κ2) is 4.94. The molecular weight excluding hydrogens is 276 g/mol. The van der Waals surface area contributed by atoms with Crippen LogP contribution < -0.4 is 5.32 Å². The van der Waals surface area contributed by atoms with Crippen LogP contribution in [0.25, 0.3) is 11.6 Å². The Balaban J connectivity index is 2.14. The Bertz CT molecular complexity index is 797. The maximum atomic E-state index is 13.2. The minimum absolute atomic E-state index is 0.233. The molecule has 0 aromatic heterocycles. The summed E-state index contributed by atoms with van der Waals surface area (Å²) >= 11 is 0. The topological polar surface area (TPSA) is 46.2 Å². The summed E-state index contributed by atoms with van der Waals surface area (Å²) in [5, 5.41) is 2.22. The standard InChI is InChI=1S/C16H9F2NO2/c17-13-6-5-9(8-14(13)18)7-12-10-3-1-2-4-11(10)15(20)19-16(12)21/h1-8H,(H,19,20,21). The zero-order chi connectivity index (χ0) is 15.0. The fourth-order valence-electron chi connectivity index (χ4n) is 2.19. The van der Waals surface area contributed by atoms with E-state index in [0.717, 1.165) is 12.1 Å². The molecule has 2 amide bonds. The van der Waals surface area contributed by atoms with E-state index in [9.17, 15) is 18.4 Å². The number of hydrogen-bond acceptors (Lipinski definition) is 2. The molecule has 1 aliphatic heterocycles. The molecule has 0 saturated carbocycles. The Labute approximate surface area is 118 Å². The van der Waals surface area contributed by atoms with Gasteiger partial charge in [-0.15, -0.1) is 0 Å². The molecule has 0 atom stereocenters. The molecular formula is C16H9F2NO2. The van der Waals surface area contributed by atoms with E-state index in [1.807, 2.05) is 0 Å². The molecule has 1 aliphatic rings. The van der Waals surface area contributed by atoms with Crippen molar-refractivity contribution in [3.63, 3.8) is 0 Å². The number of benzene rings is 2. The van der Waals surface area contributed by atoms with E-state index < -0.39 is 23.4 Å². The van der Waals surface area contributed by atoms with Crippen molar-refractivity contribution in [2.24, 2.45) is 0 Å². The Morgan fingerprint density at radius 3 is 2.29 bits per heavy atom. The summed E-state index contributed by atoms with van der Waals surface area (Å²) in [6.45, 7) is 0. The van der Waals surface area contributed by atoms with Gasteiger partial charge in [0.25, 0.3) is 11.8 Å². The van der Waals surface area contributed by atoms with Crippen LogP contribution in [0.4, 0.5) is 8.78 Å². The van der Waals surface area contributed by atoms with Gasteiger partial charge < -0.3 is 0 Å². The maximum absolute atomic E-state index is 13.2. The fourth-order valence-corrected chi connectivity index (χ4v) is 2.19. The molecule has 1 N–H and O–H groups in total. The lowest BCUT2D eigenvalue weighted by Gasteiger charge is -2.18. The van der Waals surface area contributed by atoms with E-state index in [4.69, 9.17) is 0 Å². The summed E-state index contributed by atoms with van der Waals surface area (Å²) in [5.74, 6) is -2.99. The van der Waals surface area contributed by atoms with Crippen LogP contribution in [0.15, 0.2) is 42.5 Å². The van der Waals surface area contributed by atoms with Gasteiger partial charge in [-0.3, -0.25) is 14.9 Å². The Morgan fingerprint density at radius 2 is 1.57 bits per heavy atom. The van der Waals surface area contributed by atoms with Gasteiger partial charge in [-0.1, -0.05) is 24.3 Å². The third-order valence-electron chi connectivity index (χ3n) is 3.19. The van der Waals surface area contributed by atoms with Gasteiger partial charge in [0.1, 0.15) is 0 Å². The average molecular weight is 285 g/mol. The normalized spacial score (nSPS) is 15.8. The van der Waals surface area contributed by atoms with E-state index in [-0.39, 0.29) is 5.57 Å². The first kappa shape index (κ1) is 13.2. The van der Waals surface area contributed by atoms with Crippen molar-refractivity contribution in [1.82, 2.24) is 5.32 Å². The first-order valence-corrected chi connectivity index (χ1v) is 6.18. The molecule has 0 bridgehead atoms. The van der Waals surface area contributed by atoms with Gasteiger partial charge in [-0.25, -0.2) is 8.78 Å². The molecule has 104 valence electrons. The Morgan fingerprint density at radius 1 is 0.857 bits per heavy atom. The van der Waals surface area contributed by atoms with Crippen molar-refractivity contribution in [2.75, 3.05) is 0 Å². The summed E-state index contributed by atoms with van der Waals surface area (Å²) in [4.78, 5) is 23.7. The predicted molar refractivity (Wildman–Crippen MR) is 73.1 cm³/mol. The molecule has 0 fully saturated rings. The van der Waals surface area contributed by atoms with Gasteiger partial charge in [-0.05, 0) is 35.4 Å². The minimum Gasteiger partial charge on any atom is -0.288 e. The molecule has 2 aromatic rings. The number of hydrogen-bond donors (Lipinski definition) is 1. The molecule has 3 rings (SSSR count). The summed E-state index contributed by atoms with van der Waals surface area (Å²) in [7, 11) is 0. The number of imide groups is 1. The van der Waals surface area contributed by atoms with E-state index in [2.05, 4.69) is 5.32 Å². The molecule has 21 heavy (non-hydrogen) atoms. The summed E-state index contributed by atoms with van der Waals surface area (Å²) in [6.07, 6.45) is 1.42. The highest BCUT2D eigenvalue weighted by atomic mass is 19.2. The zero-order valence-electron chi connectivity index (χ0n) is 10.7. The van der Waals surface area contributed by atoms with Gasteiger partial charge >= 0.3 is 0 Å². The van der Waals surface area contributed by atoms with E-state index in [1.54, 1.807) is 24.3 Å². The highest BCUT2D eigenvalue weighted by Gasteiger charge is 2.26. The highest BCUT2D eigenvalue weighted by molar-refractivity contribution is 6.33. The van der Waals surface area contributed by atoms with E-state index in [1.165, 1.54) is 12.1 Å². The molecule has 5 heteroatoms. The van der Waals surface area contributed by atoms with Gasteiger partial charge in [0.2, 0.25) is 0 Å². The highest BCUT2D eigenvalue weighted by Crippen LogP contribution is 2.26. The third-order valence-corrected chi connectivity index (χ3v) is 3.19. The number of nitrogens with one attached hydrogen (secondary N) is 1. The molecule has 2 aromatic carbocycles. The van der Waals surface area contributed by atoms with Gasteiger partial charge in [0.05, 0.1) is 0 Å². The minimum atomic E-state index is -0.995. The molecule has 0 saturated heterocycles. The van der Waals surface area contributed by atoms with Crippen LogP contribution in [-0.4, -0.2) is 11.8 Å². The second-order valence-electron chi connectivity index (χ2n) is 4.56. The first-order valence-electron chi connectivity index (χ1n) is 6.18. The number of rotatable bonds is 1. The van der Waals surface area contributed by atoms with Gasteiger partial charge in [0, 0.05) is 11.1 Å². The number of amides is 2. The number of halogens is 2. The quantitative estimate of drug-likeness (QED) is 0.647. The van der Waals surface area contributed by atoms with Crippen LogP contribution >= 0.6 is 0 Å². The van der Waals surface area contributed by atoms with Crippen molar-refractivity contribution in [3.8, 4) is 0 Å². The van der Waals surface area contributed by atoms with Crippen LogP contribution in [0.3, 0.4) is 0 Å². The van der Waals surface area contributed by atoms with Crippen molar-refractivity contribution in [1.29, 1.82) is 0 Å². The van der Waals surface area contributed by atoms with Crippen molar-refractivity contribution >= 4 is 23.5 Å². The summed E-state index contributed by atoms with van der Waals surface area (Å²) in [6, 6.07) is 9.95. The zero-order valence-corrected chi connectivity index (χ0v) is 10.7. The monoisotopic (exact) mass is 285 g/mol. The Hall–Kier alpha value is -2.82. The molecule has 0 radical (unpaired) electrons. The number of fused-ring (bicyclic) bond motifs is 1. The molecule has 1 heterocycles. The fraction of sp³-hybridized carbons (Fsp3) is 0. The van der Waals surface area contributed by atoms with Crippen LogP contribution in [0.2, 0.25) is 0 Å². The van der Waals surface area contributed by atoms with E-state index >= 15 is 0 Å². The predicted octanol–water partition coefficient (Wildman–Crippen LogP) is 2.78. The lowest BCUT2D eigenvalue weighted by atomic mass is 9.93. The molecule has 3 nitrogen and oxygen atoms in total. The summed E-state index contributed by atoms with van der Waals surface area (Å²) in [5.41, 5.74) is 1.40. The number of carbonyl (C=O) groups excluding carboxylic acids is 2. The van der Waals surface area contributed by atoms with Crippen LogP contribution in [0.1, 0.15) is 21.5 Å². The molecule has 0 unspecified atom stereocenters. The second-order valence-corrected chi connectivity index (χ2v) is 4.56. The Kier molecular flexibility index (Phi) is 3.10. The molecule has 0 spiro atoms. The first-order chi connectivity index (χ1) is 10.1. The largest absolute Gasteiger partial charge is 0.288 e. The smallest absolute Gasteiger partial charge is 0.258 e. The van der Waals surface area contributed by atoms with Gasteiger partial charge in [0.15, 0.2) is 11.6 Å². The summed E-state index contributed by atoms with van der Waals surface area (Å²) < 4.78 is 26.2. The van der Waals surface area contributed by atoms with Gasteiger partial charge in [-0.2, -0.15) is 0 Å². The number of carbonyl (C=O) groups is 2. The third kappa shape index (κ3) is 2.33. The SMILES string of the molecule is O=C1NC(=O)c2ccccc2C1=Cc1ccc(F)c(F)c1. The lowest BCUT2D eigenvalue weighted by Crippen LogP contribution is -2.36. The lowest BCUT2D eigenvalue weighted by molar-refractivity contribution is -0.114. The van der Waals surface area contributed by atoms with Crippen molar-refractivity contribution in [2.45, 2.75) is 0 Å². The average Bonchev–Trinajstić information content (AvgIpc) is 2.47. The maximum Gasteiger partial charge on any atom is 0.258 e. The van der Waals surface area contributed by atoms with Crippen LogP contribution in [-0.2, 0) is 4.79 Å².